The van der Waals surface area contributed by atoms with Crippen molar-refractivity contribution in [1.29, 1.82) is 0 Å². The van der Waals surface area contributed by atoms with Crippen molar-refractivity contribution in [3.63, 3.8) is 0 Å². The highest BCUT2D eigenvalue weighted by atomic mass is 32.2. The fourth-order valence-corrected chi connectivity index (χ4v) is 4.93. The minimum absolute atomic E-state index is 0.108. The van der Waals surface area contributed by atoms with Gasteiger partial charge in [-0.2, -0.15) is 13.2 Å². The number of hydrogen-bond acceptors (Lipinski definition) is 9. The molecular weight excluding hydrogens is 527 g/mol. The molecule has 2 aromatic heterocycles. The summed E-state index contributed by atoms with van der Waals surface area (Å²) < 4.78 is 40.2. The number of nitrogens with zero attached hydrogens (tertiary/aromatic N) is 5. The minimum Gasteiger partial charge on any atom is -0.480 e. The first-order valence-corrected chi connectivity index (χ1v) is 12.8. The van der Waals surface area contributed by atoms with E-state index in [-0.39, 0.29) is 18.0 Å². The SMILES string of the molecule is CCCCNc1nc(Sc2ccc(C(F)(F)F)cc2)nc2c1nnn2[C@@H]1C[C@H](C(=O)NCC(=O)O)C[C@@H]1O. The number of aliphatic hydroxyl groups excluding tert-OH is 1. The van der Waals surface area contributed by atoms with Gasteiger partial charge in [0, 0.05) is 17.4 Å². The average Bonchev–Trinajstić information content (AvgIpc) is 3.45. The molecule has 1 saturated carbocycles. The topological polar surface area (TPSA) is 155 Å². The third kappa shape index (κ3) is 6.32. The van der Waals surface area contributed by atoms with E-state index in [2.05, 4.69) is 30.9 Å². The van der Waals surface area contributed by atoms with Gasteiger partial charge in [0.2, 0.25) is 5.91 Å². The first-order chi connectivity index (χ1) is 18.1. The highest BCUT2D eigenvalue weighted by Gasteiger charge is 2.40. The molecule has 0 spiro atoms. The van der Waals surface area contributed by atoms with Gasteiger partial charge in [-0.3, -0.25) is 9.59 Å². The summed E-state index contributed by atoms with van der Waals surface area (Å²) >= 11 is 1.06. The number of halogens is 3. The van der Waals surface area contributed by atoms with Gasteiger partial charge >= 0.3 is 12.1 Å². The van der Waals surface area contributed by atoms with E-state index >= 15 is 0 Å². The second kappa shape index (κ2) is 11.5. The molecular formula is C23H26F3N7O4S. The molecule has 1 fully saturated rings. The van der Waals surface area contributed by atoms with Crippen molar-refractivity contribution in [3.8, 4) is 0 Å². The van der Waals surface area contributed by atoms with Crippen LogP contribution in [0.15, 0.2) is 34.3 Å². The van der Waals surface area contributed by atoms with Crippen LogP contribution in [0.2, 0.25) is 0 Å². The molecule has 0 aliphatic heterocycles. The minimum atomic E-state index is -4.45. The molecule has 11 nitrogen and oxygen atoms in total. The lowest BCUT2D eigenvalue weighted by atomic mass is 10.1. The number of carboxylic acid groups (broad SMARTS) is 1. The molecule has 0 radical (unpaired) electrons. The highest BCUT2D eigenvalue weighted by Crippen LogP contribution is 2.38. The van der Waals surface area contributed by atoms with E-state index in [1.54, 1.807) is 0 Å². The summed E-state index contributed by atoms with van der Waals surface area (Å²) in [6, 6.07) is 3.99. The summed E-state index contributed by atoms with van der Waals surface area (Å²) in [4.78, 5) is 32.7. The van der Waals surface area contributed by atoms with Crippen molar-refractivity contribution in [1.82, 2.24) is 30.3 Å². The Morgan fingerprint density at radius 3 is 2.58 bits per heavy atom. The van der Waals surface area contributed by atoms with Crippen LogP contribution < -0.4 is 10.6 Å². The van der Waals surface area contributed by atoms with E-state index in [0.717, 1.165) is 36.7 Å². The molecule has 4 rings (SSSR count). The van der Waals surface area contributed by atoms with Gasteiger partial charge in [0.15, 0.2) is 22.1 Å². The Morgan fingerprint density at radius 2 is 1.92 bits per heavy atom. The van der Waals surface area contributed by atoms with Crippen molar-refractivity contribution in [3.05, 3.63) is 29.8 Å². The van der Waals surface area contributed by atoms with Crippen LogP contribution in [0.3, 0.4) is 0 Å². The van der Waals surface area contributed by atoms with Crippen LogP contribution >= 0.6 is 11.8 Å². The van der Waals surface area contributed by atoms with E-state index < -0.39 is 48.2 Å². The van der Waals surface area contributed by atoms with E-state index in [1.165, 1.54) is 16.8 Å². The van der Waals surface area contributed by atoms with Gasteiger partial charge in [-0.1, -0.05) is 18.6 Å². The molecule has 3 aromatic rings. The summed E-state index contributed by atoms with van der Waals surface area (Å²) in [6.45, 7) is 2.11. The maximum Gasteiger partial charge on any atom is 0.416 e. The van der Waals surface area contributed by atoms with E-state index in [1.807, 2.05) is 6.92 Å². The number of aromatic nitrogens is 5. The Labute approximate surface area is 219 Å². The van der Waals surface area contributed by atoms with Crippen LogP contribution in [0, 0.1) is 5.92 Å². The third-order valence-electron chi connectivity index (χ3n) is 6.11. The Kier molecular flexibility index (Phi) is 8.35. The van der Waals surface area contributed by atoms with Crippen molar-refractivity contribution < 1.29 is 33.0 Å². The monoisotopic (exact) mass is 553 g/mol. The number of carbonyl (C=O) groups excluding carboxylic acids is 1. The normalized spacial score (nSPS) is 19.6. The molecule has 0 bridgehead atoms. The largest absolute Gasteiger partial charge is 0.480 e. The maximum absolute atomic E-state index is 12.9. The quantitative estimate of drug-likeness (QED) is 0.217. The zero-order valence-electron chi connectivity index (χ0n) is 20.3. The fraction of sp³-hybridized carbons (Fsp3) is 0.478. The Balaban J connectivity index is 1.63. The van der Waals surface area contributed by atoms with Gasteiger partial charge in [-0.25, -0.2) is 14.6 Å². The molecule has 2 heterocycles. The number of unbranched alkanes of at least 4 members (excludes halogenated alkanes) is 1. The van der Waals surface area contributed by atoms with Crippen molar-refractivity contribution in [2.24, 2.45) is 5.92 Å². The third-order valence-corrected chi connectivity index (χ3v) is 6.98. The maximum atomic E-state index is 12.9. The highest BCUT2D eigenvalue weighted by molar-refractivity contribution is 7.99. The van der Waals surface area contributed by atoms with Crippen LogP contribution in [0.4, 0.5) is 19.0 Å². The zero-order valence-corrected chi connectivity index (χ0v) is 21.1. The zero-order chi connectivity index (χ0) is 27.4. The number of benzene rings is 1. The second-order valence-electron chi connectivity index (χ2n) is 8.88. The van der Waals surface area contributed by atoms with Gasteiger partial charge in [0.1, 0.15) is 6.54 Å². The molecule has 204 valence electrons. The molecule has 0 unspecified atom stereocenters. The molecule has 1 aromatic carbocycles. The number of hydrogen-bond donors (Lipinski definition) is 4. The van der Waals surface area contributed by atoms with Crippen molar-refractivity contribution in [2.45, 2.75) is 61.0 Å². The molecule has 15 heteroatoms. The number of aliphatic carboxylic acids is 1. The molecule has 1 aliphatic rings. The number of fused-ring (bicyclic) bond motifs is 1. The standard InChI is InChI=1S/C23H26F3N7O4S/c1-2-3-8-27-19-18-20(30-22(29-19)38-14-6-4-13(5-7-14)23(24,25)26)33(32-31-18)15-9-12(10-16(15)34)21(37)28-11-17(35)36/h4-7,12,15-16,34H,2-3,8-11H2,1H3,(H,28,37)(H,35,36)(H,27,29,30)/t12-,15+,16-/m0/s1. The summed E-state index contributed by atoms with van der Waals surface area (Å²) in [5, 5.41) is 33.7. The predicted molar refractivity (Wildman–Crippen MR) is 130 cm³/mol. The molecule has 3 atom stereocenters. The summed E-state index contributed by atoms with van der Waals surface area (Å²) in [7, 11) is 0. The summed E-state index contributed by atoms with van der Waals surface area (Å²) in [5.74, 6) is -1.88. The number of carboxylic acids is 1. The number of amides is 1. The Bertz CT molecular complexity index is 1300. The van der Waals surface area contributed by atoms with Gasteiger partial charge < -0.3 is 20.8 Å². The van der Waals surface area contributed by atoms with Crippen LogP contribution in [0.5, 0.6) is 0 Å². The Morgan fingerprint density at radius 1 is 1.18 bits per heavy atom. The molecule has 38 heavy (non-hydrogen) atoms. The fourth-order valence-electron chi connectivity index (χ4n) is 4.18. The average molecular weight is 554 g/mol. The summed E-state index contributed by atoms with van der Waals surface area (Å²) in [6.07, 6.45) is -3.32. The number of alkyl halides is 3. The van der Waals surface area contributed by atoms with Crippen molar-refractivity contribution >= 4 is 40.6 Å². The molecule has 1 aliphatic carbocycles. The first-order valence-electron chi connectivity index (χ1n) is 12.0. The van der Waals surface area contributed by atoms with Gasteiger partial charge in [-0.15, -0.1) is 5.10 Å². The van der Waals surface area contributed by atoms with Gasteiger partial charge in [0.25, 0.3) is 0 Å². The van der Waals surface area contributed by atoms with E-state index in [4.69, 9.17) is 5.11 Å². The number of nitrogens with one attached hydrogen (secondary N) is 2. The lowest BCUT2D eigenvalue weighted by Crippen LogP contribution is -2.33. The Hall–Kier alpha value is -3.46. The van der Waals surface area contributed by atoms with Gasteiger partial charge in [0.05, 0.1) is 17.7 Å². The second-order valence-corrected chi connectivity index (χ2v) is 9.92. The lowest BCUT2D eigenvalue weighted by molar-refractivity contribution is -0.138. The van der Waals surface area contributed by atoms with E-state index in [9.17, 15) is 27.9 Å². The number of rotatable bonds is 10. The van der Waals surface area contributed by atoms with Gasteiger partial charge in [-0.05, 0) is 55.3 Å². The number of anilines is 1. The number of carbonyl (C=O) groups is 2. The number of aliphatic hydroxyl groups is 1. The van der Waals surface area contributed by atoms with Crippen LogP contribution in [0.25, 0.3) is 11.2 Å². The molecule has 4 N–H and O–H groups in total. The van der Waals surface area contributed by atoms with E-state index in [0.29, 0.717) is 28.4 Å². The summed E-state index contributed by atoms with van der Waals surface area (Å²) in [5.41, 5.74) is -0.118. The van der Waals surface area contributed by atoms with Crippen molar-refractivity contribution in [2.75, 3.05) is 18.4 Å². The molecule has 0 saturated heterocycles. The van der Waals surface area contributed by atoms with Crippen LogP contribution in [-0.2, 0) is 15.8 Å². The van der Waals surface area contributed by atoms with Crippen LogP contribution in [0.1, 0.15) is 44.2 Å². The lowest BCUT2D eigenvalue weighted by Gasteiger charge is -2.15. The first kappa shape index (κ1) is 27.6. The smallest absolute Gasteiger partial charge is 0.416 e. The van der Waals surface area contributed by atoms with Crippen LogP contribution in [-0.4, -0.2) is 66.2 Å². The molecule has 1 amide bonds. The predicted octanol–water partition coefficient (Wildman–Crippen LogP) is 3.12.